The number of nitrogen functional groups attached to an aromatic ring is 1. The van der Waals surface area contributed by atoms with E-state index in [2.05, 4.69) is 16.0 Å². The maximum atomic E-state index is 13.6. The Labute approximate surface area is 205 Å². The van der Waals surface area contributed by atoms with Crippen molar-refractivity contribution in [3.05, 3.63) is 70.8 Å². The van der Waals surface area contributed by atoms with Gasteiger partial charge in [-0.2, -0.15) is 0 Å². The Morgan fingerprint density at radius 3 is 2.11 bits per heavy atom. The lowest BCUT2D eigenvalue weighted by Gasteiger charge is -2.35. The summed E-state index contributed by atoms with van der Waals surface area (Å²) in [5.41, 5.74) is 7.12. The van der Waals surface area contributed by atoms with Gasteiger partial charge in [0.25, 0.3) is 0 Å². The van der Waals surface area contributed by atoms with Crippen molar-refractivity contribution in [2.24, 2.45) is 11.1 Å². The molecular formula is C26H33N5O4. The second-order valence-electron chi connectivity index (χ2n) is 10.1. The Morgan fingerprint density at radius 2 is 1.63 bits per heavy atom. The second kappa shape index (κ2) is 10.3. The van der Waals surface area contributed by atoms with E-state index in [0.29, 0.717) is 18.4 Å². The number of aliphatic carboxylic acids is 1. The van der Waals surface area contributed by atoms with E-state index in [4.69, 9.17) is 16.2 Å². The predicted molar refractivity (Wildman–Crippen MR) is 133 cm³/mol. The van der Waals surface area contributed by atoms with Gasteiger partial charge in [0.2, 0.25) is 11.8 Å². The van der Waals surface area contributed by atoms with Gasteiger partial charge in [-0.25, -0.2) is 0 Å². The van der Waals surface area contributed by atoms with Crippen molar-refractivity contribution in [1.29, 1.82) is 5.41 Å². The number of hydrogen-bond acceptors (Lipinski definition) is 5. The standard InChI is InChI=1S/C26H33N5O4/c1-25(2,3)21(29-15-20(32)33)23(34)31-26(12-18-6-4-5-7-19(18)13-26)24(35)30-14-16-8-10-17(11-9-16)22(27)28/h4-11,21,29H,12-15H2,1-3H3,(H3,27,28)(H,30,35)(H,31,34)(H,32,33)/t21-/m0/s1. The molecule has 1 aliphatic rings. The Kier molecular flexibility index (Phi) is 7.60. The van der Waals surface area contributed by atoms with E-state index in [9.17, 15) is 14.4 Å². The van der Waals surface area contributed by atoms with Crippen LogP contribution in [0, 0.1) is 10.8 Å². The highest BCUT2D eigenvalue weighted by molar-refractivity contribution is 5.95. The van der Waals surface area contributed by atoms with Crippen molar-refractivity contribution in [1.82, 2.24) is 16.0 Å². The first-order chi connectivity index (χ1) is 16.4. The lowest BCUT2D eigenvalue weighted by Crippen LogP contribution is -2.64. The smallest absolute Gasteiger partial charge is 0.317 e. The van der Waals surface area contributed by atoms with Crippen LogP contribution in [0.3, 0.4) is 0 Å². The lowest BCUT2D eigenvalue weighted by atomic mass is 9.84. The van der Waals surface area contributed by atoms with Crippen LogP contribution in [-0.4, -0.2) is 46.9 Å². The molecule has 1 atom stereocenters. The fraction of sp³-hybridized carbons (Fsp3) is 0.385. The number of fused-ring (bicyclic) bond motifs is 1. The summed E-state index contributed by atoms with van der Waals surface area (Å²) in [6.07, 6.45) is 0.666. The van der Waals surface area contributed by atoms with Gasteiger partial charge in [0.15, 0.2) is 0 Å². The summed E-state index contributed by atoms with van der Waals surface area (Å²) in [6, 6.07) is 13.9. The number of carbonyl (C=O) groups is 3. The number of nitrogens with one attached hydrogen (secondary N) is 4. The van der Waals surface area contributed by atoms with E-state index in [1.807, 2.05) is 45.0 Å². The number of amidine groups is 1. The molecule has 0 bridgehead atoms. The zero-order valence-corrected chi connectivity index (χ0v) is 20.3. The minimum absolute atomic E-state index is 0.0316. The number of nitrogens with two attached hydrogens (primary N) is 1. The lowest BCUT2D eigenvalue weighted by molar-refractivity contribution is -0.138. The van der Waals surface area contributed by atoms with Crippen molar-refractivity contribution in [3.8, 4) is 0 Å². The third-order valence-electron chi connectivity index (χ3n) is 6.20. The largest absolute Gasteiger partial charge is 0.480 e. The van der Waals surface area contributed by atoms with Crippen molar-refractivity contribution in [2.75, 3.05) is 6.54 Å². The number of benzene rings is 2. The normalized spacial score (nSPS) is 15.1. The van der Waals surface area contributed by atoms with Gasteiger partial charge >= 0.3 is 5.97 Å². The van der Waals surface area contributed by atoms with Crippen LogP contribution >= 0.6 is 0 Å². The van der Waals surface area contributed by atoms with Crippen LogP contribution in [0.2, 0.25) is 0 Å². The molecule has 0 saturated heterocycles. The van der Waals surface area contributed by atoms with Crippen LogP contribution in [0.5, 0.6) is 0 Å². The molecule has 186 valence electrons. The van der Waals surface area contributed by atoms with Crippen LogP contribution < -0.4 is 21.7 Å². The molecule has 9 nitrogen and oxygen atoms in total. The summed E-state index contributed by atoms with van der Waals surface area (Å²) in [5.74, 6) is -1.84. The zero-order chi connectivity index (χ0) is 25.8. The van der Waals surface area contributed by atoms with E-state index < -0.39 is 28.9 Å². The van der Waals surface area contributed by atoms with Gasteiger partial charge in [-0.3, -0.25) is 25.1 Å². The molecule has 0 heterocycles. The summed E-state index contributed by atoms with van der Waals surface area (Å²) < 4.78 is 0. The number of rotatable bonds is 9. The van der Waals surface area contributed by atoms with Crippen molar-refractivity contribution in [3.63, 3.8) is 0 Å². The third-order valence-corrected chi connectivity index (χ3v) is 6.20. The molecule has 0 fully saturated rings. The molecule has 2 amide bonds. The van der Waals surface area contributed by atoms with Gasteiger partial charge in [-0.05, 0) is 22.1 Å². The molecule has 7 N–H and O–H groups in total. The average molecular weight is 480 g/mol. The molecule has 2 aromatic carbocycles. The first kappa shape index (κ1) is 25.9. The van der Waals surface area contributed by atoms with Gasteiger partial charge in [0.1, 0.15) is 11.4 Å². The van der Waals surface area contributed by atoms with E-state index in [1.54, 1.807) is 24.3 Å². The first-order valence-corrected chi connectivity index (χ1v) is 11.5. The molecule has 0 aromatic heterocycles. The summed E-state index contributed by atoms with van der Waals surface area (Å²) in [5, 5.41) is 25.3. The molecule has 0 unspecified atom stereocenters. The Balaban J connectivity index is 1.82. The number of amides is 2. The van der Waals surface area contributed by atoms with E-state index >= 15 is 0 Å². The molecular weight excluding hydrogens is 446 g/mol. The van der Waals surface area contributed by atoms with Crippen molar-refractivity contribution >= 4 is 23.6 Å². The summed E-state index contributed by atoms with van der Waals surface area (Å²) in [6.45, 7) is 5.39. The van der Waals surface area contributed by atoms with Gasteiger partial charge < -0.3 is 21.5 Å². The molecule has 3 rings (SSSR count). The summed E-state index contributed by atoms with van der Waals surface area (Å²) in [4.78, 5) is 38.1. The van der Waals surface area contributed by atoms with Crippen LogP contribution in [0.15, 0.2) is 48.5 Å². The third kappa shape index (κ3) is 6.24. The minimum atomic E-state index is -1.20. The fourth-order valence-corrected chi connectivity index (χ4v) is 4.36. The Bertz CT molecular complexity index is 1100. The fourth-order valence-electron chi connectivity index (χ4n) is 4.36. The highest BCUT2D eigenvalue weighted by Gasteiger charge is 2.46. The predicted octanol–water partition coefficient (Wildman–Crippen LogP) is 1.33. The van der Waals surface area contributed by atoms with Crippen molar-refractivity contribution < 1.29 is 19.5 Å². The van der Waals surface area contributed by atoms with Gasteiger partial charge in [0.05, 0.1) is 12.6 Å². The van der Waals surface area contributed by atoms with Gasteiger partial charge in [-0.1, -0.05) is 69.3 Å². The van der Waals surface area contributed by atoms with Crippen LogP contribution in [0.25, 0.3) is 0 Å². The number of carboxylic acid groups (broad SMARTS) is 1. The summed E-state index contributed by atoms with van der Waals surface area (Å²) in [7, 11) is 0. The highest BCUT2D eigenvalue weighted by Crippen LogP contribution is 2.31. The maximum absolute atomic E-state index is 13.6. The molecule has 0 radical (unpaired) electrons. The maximum Gasteiger partial charge on any atom is 0.317 e. The zero-order valence-electron chi connectivity index (χ0n) is 20.3. The van der Waals surface area contributed by atoms with E-state index in [1.165, 1.54) is 0 Å². The number of carbonyl (C=O) groups excluding carboxylic acids is 2. The Morgan fingerprint density at radius 1 is 1.06 bits per heavy atom. The van der Waals surface area contributed by atoms with Crippen molar-refractivity contribution in [2.45, 2.75) is 51.7 Å². The number of hydrogen-bond donors (Lipinski definition) is 6. The molecule has 0 saturated carbocycles. The molecule has 35 heavy (non-hydrogen) atoms. The highest BCUT2D eigenvalue weighted by atomic mass is 16.4. The SMILES string of the molecule is CC(C)(C)[C@@H](NCC(=O)O)C(=O)NC1(C(=O)NCc2ccc(C(=N)N)cc2)Cc2ccccc2C1. The second-order valence-corrected chi connectivity index (χ2v) is 10.1. The van der Waals surface area contributed by atoms with Gasteiger partial charge in [0, 0.05) is 24.9 Å². The van der Waals surface area contributed by atoms with Gasteiger partial charge in [-0.15, -0.1) is 0 Å². The summed E-state index contributed by atoms with van der Waals surface area (Å²) >= 11 is 0. The monoisotopic (exact) mass is 479 g/mol. The number of carboxylic acids is 1. The molecule has 0 aliphatic heterocycles. The molecule has 1 aliphatic carbocycles. The molecule has 0 spiro atoms. The Hall–Kier alpha value is -3.72. The van der Waals surface area contributed by atoms with Crippen LogP contribution in [-0.2, 0) is 33.8 Å². The quantitative estimate of drug-likeness (QED) is 0.235. The molecule has 9 heteroatoms. The van der Waals surface area contributed by atoms with Crippen LogP contribution in [0.4, 0.5) is 0 Å². The topological polar surface area (TPSA) is 157 Å². The van der Waals surface area contributed by atoms with E-state index in [0.717, 1.165) is 16.7 Å². The average Bonchev–Trinajstić information content (AvgIpc) is 3.15. The molecule has 2 aromatic rings. The minimum Gasteiger partial charge on any atom is -0.480 e. The van der Waals surface area contributed by atoms with E-state index in [-0.39, 0.29) is 24.8 Å². The first-order valence-electron chi connectivity index (χ1n) is 11.5. The van der Waals surface area contributed by atoms with Crippen LogP contribution in [0.1, 0.15) is 43.0 Å².